The van der Waals surface area contributed by atoms with Gasteiger partial charge in [0.2, 0.25) is 16.8 Å². The van der Waals surface area contributed by atoms with E-state index in [2.05, 4.69) is 14.0 Å². The molecule has 204 valence electrons. The zero-order chi connectivity index (χ0) is 28.2. The summed E-state index contributed by atoms with van der Waals surface area (Å²) in [5.41, 5.74) is -18.0. The molecule has 34 heavy (non-hydrogen) atoms. The van der Waals surface area contributed by atoms with Crippen LogP contribution < -0.4 is 0 Å². The molecule has 0 radical (unpaired) electrons. The quantitative estimate of drug-likeness (QED) is 0.272. The van der Waals surface area contributed by atoms with Crippen molar-refractivity contribution in [2.24, 2.45) is 0 Å². The van der Waals surface area contributed by atoms with Crippen LogP contribution in [0.2, 0.25) is 0 Å². The fourth-order valence-electron chi connectivity index (χ4n) is 1.53. The van der Waals surface area contributed by atoms with Gasteiger partial charge in [-0.3, -0.25) is 0 Å². The Morgan fingerprint density at radius 2 is 0.441 bits per heavy atom. The molecule has 0 spiro atoms. The SMILES string of the molecule is CC(OB(OC(C)(C(F)(F)F)C(F)(F)F)OC(C)(C(F)(F)F)C(F)(F)F)(C(F)(F)F)C(F)(F)F. The molecule has 0 rings (SSSR count). The number of hydrogen-bond acceptors (Lipinski definition) is 3. The molecule has 0 saturated carbocycles. The predicted octanol–water partition coefficient (Wildman–Crippen LogP) is 6.67. The number of hydrogen-bond donors (Lipinski definition) is 0. The van der Waals surface area contributed by atoms with Crippen LogP contribution in [0.4, 0.5) is 79.0 Å². The van der Waals surface area contributed by atoms with Gasteiger partial charge in [0.05, 0.1) is 0 Å². The summed E-state index contributed by atoms with van der Waals surface area (Å²) in [6.07, 6.45) is -41.4. The molecule has 0 aliphatic carbocycles. The zero-order valence-electron chi connectivity index (χ0n) is 16.1. The highest BCUT2D eigenvalue weighted by Gasteiger charge is 2.77. The Labute approximate surface area is 176 Å². The molecule has 0 amide bonds. The van der Waals surface area contributed by atoms with Gasteiger partial charge in [-0.25, -0.2) is 0 Å². The van der Waals surface area contributed by atoms with E-state index in [-0.39, 0.29) is 0 Å². The highest BCUT2D eigenvalue weighted by molar-refractivity contribution is 6.37. The van der Waals surface area contributed by atoms with Crippen molar-refractivity contribution in [3.05, 3.63) is 0 Å². The molecule has 0 fully saturated rings. The Kier molecular flexibility index (Phi) is 8.33. The van der Waals surface area contributed by atoms with Crippen molar-refractivity contribution in [1.82, 2.24) is 0 Å². The maximum atomic E-state index is 12.9. The third-order valence-electron chi connectivity index (χ3n) is 4.24. The average molecular weight is 554 g/mol. The molecule has 0 aromatic rings. The van der Waals surface area contributed by atoms with Gasteiger partial charge in [-0.1, -0.05) is 0 Å². The van der Waals surface area contributed by atoms with E-state index in [1.807, 2.05) is 0 Å². The lowest BCUT2D eigenvalue weighted by molar-refractivity contribution is -0.392. The van der Waals surface area contributed by atoms with Gasteiger partial charge in [0, 0.05) is 0 Å². The van der Waals surface area contributed by atoms with Crippen molar-refractivity contribution in [3.63, 3.8) is 0 Å². The monoisotopic (exact) mass is 554 g/mol. The Balaban J connectivity index is 7.06. The first-order valence-corrected chi connectivity index (χ1v) is 7.72. The average Bonchev–Trinajstić information content (AvgIpc) is 2.47. The van der Waals surface area contributed by atoms with E-state index in [0.29, 0.717) is 0 Å². The van der Waals surface area contributed by atoms with Crippen LogP contribution in [0.25, 0.3) is 0 Å². The summed E-state index contributed by atoms with van der Waals surface area (Å²) >= 11 is 0. The second-order valence-electron chi connectivity index (χ2n) is 6.73. The fourth-order valence-corrected chi connectivity index (χ4v) is 1.53. The molecule has 0 aromatic heterocycles. The van der Waals surface area contributed by atoms with E-state index in [1.165, 1.54) is 0 Å². The van der Waals surface area contributed by atoms with Gasteiger partial charge < -0.3 is 14.0 Å². The minimum Gasteiger partial charge on any atom is -0.364 e. The summed E-state index contributed by atoms with van der Waals surface area (Å²) in [5, 5.41) is 0. The van der Waals surface area contributed by atoms with E-state index < -0.39 is 82.0 Å². The normalized spacial score (nSPS) is 16.1. The van der Waals surface area contributed by atoms with Gasteiger partial charge in [-0.15, -0.1) is 0 Å². The maximum Gasteiger partial charge on any atom is 0.642 e. The van der Waals surface area contributed by atoms with E-state index >= 15 is 0 Å². The molecular formula is C12H9BF18O3. The molecule has 0 atom stereocenters. The summed E-state index contributed by atoms with van der Waals surface area (Å²) in [5.74, 6) is 0. The van der Waals surface area contributed by atoms with E-state index in [4.69, 9.17) is 0 Å². The summed E-state index contributed by atoms with van der Waals surface area (Å²) in [4.78, 5) is 0. The van der Waals surface area contributed by atoms with Gasteiger partial charge >= 0.3 is 44.4 Å². The summed E-state index contributed by atoms with van der Waals surface area (Å²) in [6, 6.07) is 0. The third kappa shape index (κ3) is 5.90. The van der Waals surface area contributed by atoms with E-state index in [9.17, 15) is 79.0 Å². The summed E-state index contributed by atoms with van der Waals surface area (Å²) < 4.78 is 241. The van der Waals surface area contributed by atoms with Gasteiger partial charge in [-0.2, -0.15) is 79.0 Å². The number of alkyl halides is 18. The second kappa shape index (κ2) is 8.66. The largest absolute Gasteiger partial charge is 0.642 e. The maximum absolute atomic E-state index is 12.9. The summed E-state index contributed by atoms with van der Waals surface area (Å²) in [7, 11) is -5.16. The highest BCUT2D eigenvalue weighted by atomic mass is 19.4. The molecule has 0 unspecified atom stereocenters. The van der Waals surface area contributed by atoms with Crippen LogP contribution in [-0.4, -0.2) is 61.2 Å². The minimum absolute atomic E-state index is 1.16. The molecule has 0 heterocycles. The second-order valence-corrected chi connectivity index (χ2v) is 6.73. The lowest BCUT2D eigenvalue weighted by Crippen LogP contribution is -2.67. The van der Waals surface area contributed by atoms with Gasteiger partial charge in [-0.05, 0) is 20.8 Å². The van der Waals surface area contributed by atoms with Gasteiger partial charge in [0.15, 0.2) is 0 Å². The van der Waals surface area contributed by atoms with Crippen molar-refractivity contribution in [2.45, 2.75) is 74.6 Å². The van der Waals surface area contributed by atoms with E-state index in [1.54, 1.807) is 0 Å². The van der Waals surface area contributed by atoms with Crippen LogP contribution in [0.15, 0.2) is 0 Å². The predicted molar refractivity (Wildman–Crippen MR) is 70.6 cm³/mol. The standard InChI is InChI=1S/C12H9BF18O3/c1-4(7(14,15)16,8(17,18)19)32-13(33-5(2,9(20,21)22)10(23,24)25)34-6(3,11(26,27)28)12(29,30)31/h1-3H3. The number of rotatable bonds is 6. The molecule has 0 bridgehead atoms. The summed E-state index contributed by atoms with van der Waals surface area (Å²) in [6.45, 7) is -3.49. The van der Waals surface area contributed by atoms with Crippen LogP contribution in [0, 0.1) is 0 Å². The molecular weight excluding hydrogens is 545 g/mol. The topological polar surface area (TPSA) is 27.7 Å². The minimum atomic E-state index is -6.89. The van der Waals surface area contributed by atoms with Crippen LogP contribution in [0.3, 0.4) is 0 Å². The first-order chi connectivity index (χ1) is 14.3. The highest BCUT2D eigenvalue weighted by Crippen LogP contribution is 2.52. The number of halogens is 18. The van der Waals surface area contributed by atoms with E-state index in [0.717, 1.165) is 0 Å². The van der Waals surface area contributed by atoms with Crippen molar-refractivity contribution >= 4 is 7.32 Å². The van der Waals surface area contributed by atoms with Crippen molar-refractivity contribution in [3.8, 4) is 0 Å². The molecule has 3 nitrogen and oxygen atoms in total. The molecule has 0 aromatic carbocycles. The van der Waals surface area contributed by atoms with Crippen LogP contribution in [-0.2, 0) is 14.0 Å². The first-order valence-electron chi connectivity index (χ1n) is 7.72. The lowest BCUT2D eigenvalue weighted by Gasteiger charge is -2.42. The molecule has 22 heteroatoms. The molecule has 0 aliphatic rings. The van der Waals surface area contributed by atoms with Gasteiger partial charge in [0.25, 0.3) is 0 Å². The zero-order valence-corrected chi connectivity index (χ0v) is 16.1. The first kappa shape index (κ1) is 32.7. The molecule has 0 aliphatic heterocycles. The van der Waals surface area contributed by atoms with Crippen molar-refractivity contribution < 1.29 is 93.0 Å². The Bertz CT molecular complexity index is 559. The van der Waals surface area contributed by atoms with Crippen LogP contribution in [0.1, 0.15) is 20.8 Å². The van der Waals surface area contributed by atoms with Gasteiger partial charge in [0.1, 0.15) is 0 Å². The third-order valence-corrected chi connectivity index (χ3v) is 4.24. The van der Waals surface area contributed by atoms with Crippen molar-refractivity contribution in [1.29, 1.82) is 0 Å². The Morgan fingerprint density at radius 3 is 0.529 bits per heavy atom. The lowest BCUT2D eigenvalue weighted by atomic mass is 9.96. The Hall–Kier alpha value is -1.32. The molecule has 0 N–H and O–H groups in total. The smallest absolute Gasteiger partial charge is 0.364 e. The van der Waals surface area contributed by atoms with Crippen molar-refractivity contribution in [2.75, 3.05) is 0 Å². The Morgan fingerprint density at radius 1 is 0.324 bits per heavy atom. The fraction of sp³-hybridized carbons (Fsp3) is 1.00. The van der Waals surface area contributed by atoms with Crippen LogP contribution in [0.5, 0.6) is 0 Å². The molecule has 0 saturated heterocycles. The van der Waals surface area contributed by atoms with Crippen LogP contribution >= 0.6 is 0 Å².